The fourth-order valence-corrected chi connectivity index (χ4v) is 4.43. The highest BCUT2D eigenvalue weighted by molar-refractivity contribution is 7.92. The summed E-state index contributed by atoms with van der Waals surface area (Å²) >= 11 is 0. The summed E-state index contributed by atoms with van der Waals surface area (Å²) in [5.74, 6) is 0.668. The number of nitriles is 1. The van der Waals surface area contributed by atoms with Crippen LogP contribution in [0, 0.1) is 11.3 Å². The van der Waals surface area contributed by atoms with Gasteiger partial charge in [-0.15, -0.1) is 0 Å². The van der Waals surface area contributed by atoms with E-state index in [0.29, 0.717) is 47.3 Å². The summed E-state index contributed by atoms with van der Waals surface area (Å²) < 4.78 is 39.4. The molecule has 3 N–H and O–H groups in total. The number of amides is 1. The average molecular weight is 493 g/mol. The molecule has 0 aromatic heterocycles. The molecule has 1 heterocycles. The molecule has 4 rings (SSSR count). The SMILES string of the molecule is CC(Nc1ccc(NS(=O)(=O)c2ccc3c(c2)OCCCO3)cc1)C(=O)Nc1ccc(C#N)cc1. The minimum Gasteiger partial charge on any atom is -0.490 e. The van der Waals surface area contributed by atoms with Gasteiger partial charge in [-0.3, -0.25) is 9.52 Å². The number of nitrogens with one attached hydrogen (secondary N) is 3. The van der Waals surface area contributed by atoms with Crippen molar-refractivity contribution in [3.63, 3.8) is 0 Å². The standard InChI is InChI=1S/C25H24N4O5S/c1-17(25(30)28-20-5-3-18(16-26)4-6-20)27-19-7-9-21(10-8-19)29-35(31,32)22-11-12-23-24(15-22)34-14-2-13-33-23/h3-12,15,17,27,29H,2,13-14H2,1H3,(H,28,30). The maximum Gasteiger partial charge on any atom is 0.262 e. The Balaban J connectivity index is 1.37. The average Bonchev–Trinajstić information content (AvgIpc) is 3.10. The molecular formula is C25H24N4O5S. The number of anilines is 3. The number of hydrogen-bond acceptors (Lipinski definition) is 7. The molecule has 0 saturated carbocycles. The number of benzene rings is 3. The van der Waals surface area contributed by atoms with Gasteiger partial charge in [0.1, 0.15) is 6.04 Å². The van der Waals surface area contributed by atoms with Crippen LogP contribution in [0.1, 0.15) is 18.9 Å². The van der Waals surface area contributed by atoms with Crippen molar-refractivity contribution in [2.75, 3.05) is 28.6 Å². The molecule has 35 heavy (non-hydrogen) atoms. The molecule has 1 amide bonds. The number of ether oxygens (including phenoxy) is 2. The van der Waals surface area contributed by atoms with E-state index in [-0.39, 0.29) is 10.8 Å². The lowest BCUT2D eigenvalue weighted by Crippen LogP contribution is -2.31. The molecule has 0 radical (unpaired) electrons. The Bertz CT molecular complexity index is 1350. The first kappa shape index (κ1) is 23.9. The Morgan fingerprint density at radius 2 is 1.54 bits per heavy atom. The highest BCUT2D eigenvalue weighted by Crippen LogP contribution is 2.32. The van der Waals surface area contributed by atoms with E-state index < -0.39 is 16.1 Å². The smallest absolute Gasteiger partial charge is 0.262 e. The highest BCUT2D eigenvalue weighted by Gasteiger charge is 2.19. The zero-order valence-electron chi connectivity index (χ0n) is 18.9. The van der Waals surface area contributed by atoms with Gasteiger partial charge in [0.2, 0.25) is 5.91 Å². The molecule has 1 aliphatic heterocycles. The molecule has 0 bridgehead atoms. The number of hydrogen-bond donors (Lipinski definition) is 3. The van der Waals surface area contributed by atoms with Gasteiger partial charge in [-0.25, -0.2) is 8.42 Å². The lowest BCUT2D eigenvalue weighted by Gasteiger charge is -2.16. The van der Waals surface area contributed by atoms with Gasteiger partial charge < -0.3 is 20.1 Å². The van der Waals surface area contributed by atoms with Crippen molar-refractivity contribution in [2.45, 2.75) is 24.3 Å². The third-order valence-electron chi connectivity index (χ3n) is 5.22. The molecule has 180 valence electrons. The molecule has 3 aromatic rings. The first-order chi connectivity index (χ1) is 16.8. The van der Waals surface area contributed by atoms with Crippen molar-refractivity contribution in [3.05, 3.63) is 72.3 Å². The molecule has 0 saturated heterocycles. The number of rotatable bonds is 7. The predicted molar refractivity (Wildman–Crippen MR) is 132 cm³/mol. The number of nitrogens with zero attached hydrogens (tertiary/aromatic N) is 1. The first-order valence-electron chi connectivity index (χ1n) is 10.9. The molecule has 0 aliphatic carbocycles. The largest absolute Gasteiger partial charge is 0.490 e. The topological polar surface area (TPSA) is 130 Å². The first-order valence-corrected chi connectivity index (χ1v) is 12.4. The van der Waals surface area contributed by atoms with Crippen LogP contribution in [-0.2, 0) is 14.8 Å². The van der Waals surface area contributed by atoms with Crippen molar-refractivity contribution < 1.29 is 22.7 Å². The van der Waals surface area contributed by atoms with Crippen molar-refractivity contribution in [1.29, 1.82) is 5.26 Å². The van der Waals surface area contributed by atoms with Gasteiger partial charge in [0.25, 0.3) is 10.0 Å². The Morgan fingerprint density at radius 3 is 2.23 bits per heavy atom. The van der Waals surface area contributed by atoms with E-state index in [1.807, 2.05) is 6.07 Å². The van der Waals surface area contributed by atoms with Crippen molar-refractivity contribution in [2.24, 2.45) is 0 Å². The monoisotopic (exact) mass is 492 g/mol. The van der Waals surface area contributed by atoms with Gasteiger partial charge >= 0.3 is 0 Å². The second-order valence-corrected chi connectivity index (χ2v) is 9.57. The molecule has 0 spiro atoms. The van der Waals surface area contributed by atoms with Gasteiger partial charge in [-0.1, -0.05) is 0 Å². The second kappa shape index (κ2) is 10.4. The molecule has 1 aliphatic rings. The Kier molecular flexibility index (Phi) is 7.08. The van der Waals surface area contributed by atoms with Crippen molar-refractivity contribution in [1.82, 2.24) is 0 Å². The van der Waals surface area contributed by atoms with E-state index in [4.69, 9.17) is 14.7 Å². The maximum absolute atomic E-state index is 12.8. The summed E-state index contributed by atoms with van der Waals surface area (Å²) in [4.78, 5) is 12.5. The van der Waals surface area contributed by atoms with Crippen LogP contribution in [0.3, 0.4) is 0 Å². The molecule has 10 heteroatoms. The normalized spacial score (nSPS) is 13.6. The van der Waals surface area contributed by atoms with Crippen LogP contribution >= 0.6 is 0 Å². The number of sulfonamides is 1. The van der Waals surface area contributed by atoms with Crippen LogP contribution in [0.2, 0.25) is 0 Å². The van der Waals surface area contributed by atoms with Gasteiger partial charge in [-0.05, 0) is 67.6 Å². The molecule has 3 aromatic carbocycles. The quantitative estimate of drug-likeness (QED) is 0.455. The van der Waals surface area contributed by atoms with Crippen molar-refractivity contribution in [3.8, 4) is 17.6 Å². The van der Waals surface area contributed by atoms with Gasteiger partial charge in [0.15, 0.2) is 11.5 Å². The summed E-state index contributed by atoms with van der Waals surface area (Å²) in [5.41, 5.74) is 2.11. The van der Waals surface area contributed by atoms with Crippen LogP contribution in [0.4, 0.5) is 17.1 Å². The molecular weight excluding hydrogens is 468 g/mol. The third-order valence-corrected chi connectivity index (χ3v) is 6.60. The second-order valence-electron chi connectivity index (χ2n) is 7.89. The number of fused-ring (bicyclic) bond motifs is 1. The third kappa shape index (κ3) is 6.02. The van der Waals surface area contributed by atoms with E-state index in [9.17, 15) is 13.2 Å². The van der Waals surface area contributed by atoms with Crippen molar-refractivity contribution >= 4 is 33.0 Å². The van der Waals surface area contributed by atoms with E-state index in [2.05, 4.69) is 15.4 Å². The maximum atomic E-state index is 12.8. The summed E-state index contributed by atoms with van der Waals surface area (Å²) in [6, 6.07) is 19.1. The zero-order valence-corrected chi connectivity index (χ0v) is 19.8. The lowest BCUT2D eigenvalue weighted by atomic mass is 10.2. The lowest BCUT2D eigenvalue weighted by molar-refractivity contribution is -0.116. The van der Waals surface area contributed by atoms with Crippen LogP contribution in [0.25, 0.3) is 0 Å². The fraction of sp³-hybridized carbons (Fsp3) is 0.200. The zero-order chi connectivity index (χ0) is 24.8. The van der Waals surface area contributed by atoms with E-state index in [1.165, 1.54) is 12.1 Å². The molecule has 1 atom stereocenters. The Hall–Kier alpha value is -4.23. The summed E-state index contributed by atoms with van der Waals surface area (Å²) in [6.45, 7) is 2.69. The Morgan fingerprint density at radius 1 is 0.914 bits per heavy atom. The minimum atomic E-state index is -3.84. The van der Waals surface area contributed by atoms with E-state index in [0.717, 1.165) is 6.42 Å². The summed E-state index contributed by atoms with van der Waals surface area (Å²) in [6.07, 6.45) is 0.727. The molecule has 0 fully saturated rings. The Labute approximate surface area is 203 Å². The minimum absolute atomic E-state index is 0.0667. The fourth-order valence-electron chi connectivity index (χ4n) is 3.35. The van der Waals surface area contributed by atoms with Crippen LogP contribution < -0.4 is 24.8 Å². The van der Waals surface area contributed by atoms with Gasteiger partial charge in [-0.2, -0.15) is 5.26 Å². The van der Waals surface area contributed by atoms with Gasteiger partial charge in [0.05, 0.1) is 29.7 Å². The van der Waals surface area contributed by atoms with Crippen LogP contribution in [0.15, 0.2) is 71.6 Å². The molecule has 1 unspecified atom stereocenters. The predicted octanol–water partition coefficient (Wildman–Crippen LogP) is 3.96. The number of carbonyl (C=O) groups is 1. The van der Waals surface area contributed by atoms with Crippen LogP contribution in [-0.4, -0.2) is 33.6 Å². The summed E-state index contributed by atoms with van der Waals surface area (Å²) in [7, 11) is -3.84. The number of carbonyl (C=O) groups excluding carboxylic acids is 1. The molecule has 9 nitrogen and oxygen atoms in total. The van der Waals surface area contributed by atoms with E-state index in [1.54, 1.807) is 61.5 Å². The summed E-state index contributed by atoms with van der Waals surface area (Å²) in [5, 5.41) is 14.7. The highest BCUT2D eigenvalue weighted by atomic mass is 32.2. The van der Waals surface area contributed by atoms with Crippen LogP contribution in [0.5, 0.6) is 11.5 Å². The van der Waals surface area contributed by atoms with Gasteiger partial charge in [0, 0.05) is 29.5 Å². The van der Waals surface area contributed by atoms with E-state index >= 15 is 0 Å².